The van der Waals surface area contributed by atoms with E-state index in [0.29, 0.717) is 10.8 Å². The molecule has 0 aliphatic heterocycles. The predicted molar refractivity (Wildman–Crippen MR) is 110 cm³/mol. The lowest BCUT2D eigenvalue weighted by Crippen LogP contribution is -2.14. The van der Waals surface area contributed by atoms with E-state index in [4.69, 9.17) is 0 Å². The molecule has 0 radical (unpaired) electrons. The first-order valence-corrected chi connectivity index (χ1v) is 9.34. The number of benzene rings is 3. The number of carbonyl (C=O) groups is 2. The van der Waals surface area contributed by atoms with Crippen LogP contribution in [-0.4, -0.2) is 16.8 Å². The van der Waals surface area contributed by atoms with Crippen molar-refractivity contribution < 1.29 is 9.59 Å². The van der Waals surface area contributed by atoms with Gasteiger partial charge in [-0.25, -0.2) is 4.98 Å². The second-order valence-electron chi connectivity index (χ2n) is 6.29. The third kappa shape index (κ3) is 3.96. The molecule has 6 heteroatoms. The van der Waals surface area contributed by atoms with Crippen molar-refractivity contribution in [1.82, 2.24) is 4.98 Å². The van der Waals surface area contributed by atoms with Crippen LogP contribution in [0.1, 0.15) is 12.5 Å². The molecule has 3 aromatic carbocycles. The molecule has 1 aromatic heterocycles. The molecule has 0 saturated carbocycles. The molecule has 0 bridgehead atoms. The Balaban J connectivity index is 1.49. The molecule has 0 aliphatic rings. The Hall–Kier alpha value is -3.25. The Kier molecular flexibility index (Phi) is 4.56. The number of nitrogens with zero attached hydrogens (tertiary/aromatic N) is 1. The minimum atomic E-state index is -0.122. The molecule has 2 amide bonds. The zero-order valence-electron chi connectivity index (χ0n) is 14.7. The molecule has 0 aliphatic carbocycles. The largest absolute Gasteiger partial charge is 0.326 e. The zero-order chi connectivity index (χ0) is 18.8. The molecule has 1 heterocycles. The minimum absolute atomic E-state index is 0.105. The Labute approximate surface area is 160 Å². The van der Waals surface area contributed by atoms with E-state index in [0.717, 1.165) is 26.6 Å². The van der Waals surface area contributed by atoms with Gasteiger partial charge in [-0.2, -0.15) is 0 Å². The van der Waals surface area contributed by atoms with Crippen LogP contribution < -0.4 is 10.6 Å². The second kappa shape index (κ2) is 7.17. The van der Waals surface area contributed by atoms with Gasteiger partial charge in [-0.15, -0.1) is 0 Å². The fourth-order valence-corrected chi connectivity index (χ4v) is 3.88. The molecule has 4 aromatic rings. The number of hydrogen-bond acceptors (Lipinski definition) is 4. The molecule has 0 unspecified atom stereocenters. The van der Waals surface area contributed by atoms with E-state index < -0.39 is 0 Å². The van der Waals surface area contributed by atoms with Crippen LogP contribution in [0.2, 0.25) is 0 Å². The number of thiazole rings is 1. The summed E-state index contributed by atoms with van der Waals surface area (Å²) in [6.07, 6.45) is 0.290. The Bertz CT molecular complexity index is 1170. The first-order chi connectivity index (χ1) is 13.1. The maximum Gasteiger partial charge on any atom is 0.230 e. The van der Waals surface area contributed by atoms with Gasteiger partial charge >= 0.3 is 0 Å². The predicted octanol–water partition coefficient (Wildman–Crippen LogP) is 4.59. The number of nitrogens with one attached hydrogen (secondary N) is 2. The van der Waals surface area contributed by atoms with Crippen molar-refractivity contribution in [2.24, 2.45) is 0 Å². The van der Waals surface area contributed by atoms with Crippen molar-refractivity contribution in [1.29, 1.82) is 0 Å². The van der Waals surface area contributed by atoms with E-state index in [-0.39, 0.29) is 18.2 Å². The van der Waals surface area contributed by atoms with Crippen LogP contribution in [0.25, 0.3) is 21.0 Å². The number of carbonyl (C=O) groups excluding carboxylic acids is 2. The summed E-state index contributed by atoms with van der Waals surface area (Å²) in [6.45, 7) is 1.47. The van der Waals surface area contributed by atoms with E-state index in [2.05, 4.69) is 21.7 Å². The summed E-state index contributed by atoms with van der Waals surface area (Å²) < 4.78 is 0.905. The molecule has 0 saturated heterocycles. The highest BCUT2D eigenvalue weighted by atomic mass is 32.1. The molecule has 27 heavy (non-hydrogen) atoms. The molecular formula is C21H17N3O2S. The summed E-state index contributed by atoms with van der Waals surface area (Å²) in [5, 5.41) is 8.44. The molecule has 134 valence electrons. The topological polar surface area (TPSA) is 71.1 Å². The van der Waals surface area contributed by atoms with E-state index in [1.165, 1.54) is 18.3 Å². The first kappa shape index (κ1) is 17.2. The summed E-state index contributed by atoms with van der Waals surface area (Å²) in [5.41, 5.74) is 2.46. The van der Waals surface area contributed by atoms with Gasteiger partial charge in [0.15, 0.2) is 5.13 Å². The van der Waals surface area contributed by atoms with Crippen molar-refractivity contribution in [2.75, 3.05) is 10.6 Å². The first-order valence-electron chi connectivity index (χ1n) is 8.52. The molecule has 0 atom stereocenters. The average molecular weight is 375 g/mol. The van der Waals surface area contributed by atoms with Crippen LogP contribution in [0, 0.1) is 0 Å². The summed E-state index contributed by atoms with van der Waals surface area (Å²) in [4.78, 5) is 28.0. The van der Waals surface area contributed by atoms with E-state index in [9.17, 15) is 9.59 Å². The number of rotatable bonds is 4. The lowest BCUT2D eigenvalue weighted by Gasteiger charge is -2.04. The summed E-state index contributed by atoms with van der Waals surface area (Å²) in [6, 6.07) is 19.6. The molecule has 0 fully saturated rings. The van der Waals surface area contributed by atoms with E-state index in [1.54, 1.807) is 6.07 Å². The highest BCUT2D eigenvalue weighted by Gasteiger charge is 2.10. The monoisotopic (exact) mass is 375 g/mol. The molecule has 5 nitrogen and oxygen atoms in total. The van der Waals surface area contributed by atoms with Gasteiger partial charge < -0.3 is 10.6 Å². The van der Waals surface area contributed by atoms with Gasteiger partial charge in [0.1, 0.15) is 0 Å². The highest BCUT2D eigenvalue weighted by Crippen LogP contribution is 2.28. The molecular weight excluding hydrogens is 358 g/mol. The van der Waals surface area contributed by atoms with Crippen LogP contribution in [0.3, 0.4) is 0 Å². The number of aromatic nitrogens is 1. The third-order valence-corrected chi connectivity index (χ3v) is 5.07. The van der Waals surface area contributed by atoms with Crippen molar-refractivity contribution >= 4 is 55.0 Å². The fourth-order valence-electron chi connectivity index (χ4n) is 2.96. The van der Waals surface area contributed by atoms with Crippen LogP contribution in [-0.2, 0) is 16.0 Å². The minimum Gasteiger partial charge on any atom is -0.326 e. The maximum atomic E-state index is 12.4. The number of fused-ring (bicyclic) bond motifs is 2. The molecule has 2 N–H and O–H groups in total. The summed E-state index contributed by atoms with van der Waals surface area (Å²) in [5.74, 6) is -0.228. The number of hydrogen-bond donors (Lipinski definition) is 2. The van der Waals surface area contributed by atoms with Gasteiger partial charge in [-0.1, -0.05) is 53.8 Å². The van der Waals surface area contributed by atoms with Crippen LogP contribution >= 0.6 is 11.3 Å². The molecule has 4 rings (SSSR count). The third-order valence-electron chi connectivity index (χ3n) is 4.13. The van der Waals surface area contributed by atoms with Crippen molar-refractivity contribution in [3.63, 3.8) is 0 Å². The lowest BCUT2D eigenvalue weighted by atomic mass is 10.1. The van der Waals surface area contributed by atoms with Crippen molar-refractivity contribution in [3.8, 4) is 0 Å². The average Bonchev–Trinajstić information content (AvgIpc) is 3.02. The fraction of sp³-hybridized carbons (Fsp3) is 0.0952. The second-order valence-corrected chi connectivity index (χ2v) is 7.32. The van der Waals surface area contributed by atoms with Crippen molar-refractivity contribution in [3.05, 3.63) is 66.2 Å². The van der Waals surface area contributed by atoms with Gasteiger partial charge in [-0.3, -0.25) is 9.59 Å². The summed E-state index contributed by atoms with van der Waals surface area (Å²) >= 11 is 1.39. The SMILES string of the molecule is CC(=O)Nc1ccc2nc(NC(=O)Cc3ccc4ccccc4c3)sc2c1. The quantitative estimate of drug-likeness (QED) is 0.548. The number of anilines is 2. The zero-order valence-corrected chi connectivity index (χ0v) is 15.5. The van der Waals surface area contributed by atoms with Gasteiger partial charge in [0.25, 0.3) is 0 Å². The highest BCUT2D eigenvalue weighted by molar-refractivity contribution is 7.22. The van der Waals surface area contributed by atoms with Gasteiger partial charge in [-0.05, 0) is 34.5 Å². The van der Waals surface area contributed by atoms with Crippen molar-refractivity contribution in [2.45, 2.75) is 13.3 Å². The standard InChI is InChI=1S/C21H17N3O2S/c1-13(25)22-17-8-9-18-19(12-17)27-21(23-18)24-20(26)11-14-6-7-15-4-2-3-5-16(15)10-14/h2-10,12H,11H2,1H3,(H,22,25)(H,23,24,26). The lowest BCUT2D eigenvalue weighted by molar-refractivity contribution is -0.116. The van der Waals surface area contributed by atoms with Gasteiger partial charge in [0, 0.05) is 12.6 Å². The summed E-state index contributed by atoms with van der Waals surface area (Å²) in [7, 11) is 0. The molecule has 0 spiro atoms. The van der Waals surface area contributed by atoms with Gasteiger partial charge in [0.2, 0.25) is 11.8 Å². The maximum absolute atomic E-state index is 12.4. The van der Waals surface area contributed by atoms with E-state index in [1.807, 2.05) is 48.5 Å². The van der Waals surface area contributed by atoms with Crippen LogP contribution in [0.5, 0.6) is 0 Å². The van der Waals surface area contributed by atoms with Gasteiger partial charge in [0.05, 0.1) is 16.6 Å². The van der Waals surface area contributed by atoms with Crippen LogP contribution in [0.4, 0.5) is 10.8 Å². The van der Waals surface area contributed by atoms with E-state index >= 15 is 0 Å². The Morgan fingerprint density at radius 1 is 0.963 bits per heavy atom. The Morgan fingerprint density at radius 3 is 2.59 bits per heavy atom. The normalized spacial score (nSPS) is 10.9. The smallest absolute Gasteiger partial charge is 0.230 e. The number of amides is 2. The Morgan fingerprint density at radius 2 is 1.78 bits per heavy atom. The van der Waals surface area contributed by atoms with Crippen LogP contribution in [0.15, 0.2) is 60.7 Å².